The molecule has 0 N–H and O–H groups in total. The number of benzene rings is 4. The van der Waals surface area contributed by atoms with Crippen LogP contribution in [-0.4, -0.2) is 49.7 Å². The van der Waals surface area contributed by atoms with Crippen molar-refractivity contribution in [1.29, 1.82) is 0 Å². The monoisotopic (exact) mass is 713 g/mol. The van der Waals surface area contributed by atoms with Gasteiger partial charge in [0, 0.05) is 29.1 Å². The van der Waals surface area contributed by atoms with Crippen molar-refractivity contribution in [2.24, 2.45) is 0 Å². The van der Waals surface area contributed by atoms with Crippen LogP contribution in [-0.2, 0) is 5.41 Å². The molecule has 0 atom stereocenters. The van der Waals surface area contributed by atoms with Crippen molar-refractivity contribution < 1.29 is 22.7 Å². The summed E-state index contributed by atoms with van der Waals surface area (Å²) >= 11 is 0. The van der Waals surface area contributed by atoms with Gasteiger partial charge in [-0.3, -0.25) is 4.57 Å². The lowest BCUT2D eigenvalue weighted by Crippen LogP contribution is -2.56. The molecule has 268 valence electrons. The molecular formula is C46H45BN5O2+. The van der Waals surface area contributed by atoms with E-state index in [1.165, 1.54) is 21.3 Å². The maximum Gasteiger partial charge on any atom is 0.519 e. The molecule has 7 nitrogen and oxygen atoms in total. The maximum absolute atomic E-state index is 8.39. The van der Waals surface area contributed by atoms with Crippen LogP contribution in [0.4, 0.5) is 11.4 Å². The molecule has 0 unspecified atom stereocenters. The second-order valence-electron chi connectivity index (χ2n) is 15.9. The molecule has 2 aromatic heterocycles. The number of hydrogen-bond acceptors (Lipinski definition) is 4. The summed E-state index contributed by atoms with van der Waals surface area (Å²) in [6, 6.07) is 30.8. The normalized spacial score (nSPS) is 16.2. The lowest BCUT2D eigenvalue weighted by molar-refractivity contribution is -0.430. The molecule has 5 heterocycles. The molecule has 0 spiro atoms. The summed E-state index contributed by atoms with van der Waals surface area (Å²) < 4.78 is 44.2. The van der Waals surface area contributed by atoms with E-state index in [0.29, 0.717) is 34.5 Å². The predicted octanol–water partition coefficient (Wildman–Crippen LogP) is 9.54. The Morgan fingerprint density at radius 1 is 0.870 bits per heavy atom. The highest BCUT2D eigenvalue weighted by Gasteiger charge is 2.44. The van der Waals surface area contributed by atoms with Crippen LogP contribution in [0.1, 0.15) is 81.1 Å². The van der Waals surface area contributed by atoms with Gasteiger partial charge in [0.2, 0.25) is 11.5 Å². The number of fused-ring (bicyclic) bond motifs is 4. The minimum atomic E-state index is -2.47. The number of nitrogens with zero attached hydrogens (tertiary/aromatic N) is 5. The first-order valence-electron chi connectivity index (χ1n) is 20.2. The number of amidine groups is 1. The second-order valence-corrected chi connectivity index (χ2v) is 15.9. The predicted molar refractivity (Wildman–Crippen MR) is 220 cm³/mol. The van der Waals surface area contributed by atoms with Crippen molar-refractivity contribution in [3.8, 4) is 17.3 Å². The van der Waals surface area contributed by atoms with Crippen LogP contribution < -0.4 is 14.9 Å². The van der Waals surface area contributed by atoms with E-state index in [9.17, 15) is 0 Å². The van der Waals surface area contributed by atoms with Gasteiger partial charge in [0.25, 0.3) is 0 Å². The number of allylic oxidation sites excluding steroid dienone is 1. The van der Waals surface area contributed by atoms with Gasteiger partial charge in [0.1, 0.15) is 30.1 Å². The fraction of sp³-hybridized carbons (Fsp3) is 0.239. The Kier molecular flexibility index (Phi) is 7.14. The SMILES string of the molecule is [2H]C([2H])([2H])[N+]1=[C-][N+]2=C3C=C(Oc4ccc5c6ccccc6n(-c6cc(C(C)(C)C)ccn6)c5c4)C=CN3B(c3c(C(C)C)cccc3C(C)C)Oc3cccc1c32. The van der Waals surface area contributed by atoms with Crippen LogP contribution in [0.5, 0.6) is 11.5 Å². The molecule has 4 aromatic carbocycles. The first kappa shape index (κ1) is 30.6. The molecule has 0 amide bonds. The minimum absolute atomic E-state index is 0.0443. The average molecular weight is 714 g/mol. The zero-order chi connectivity index (χ0) is 40.0. The van der Waals surface area contributed by atoms with Gasteiger partial charge in [0.05, 0.1) is 15.1 Å². The molecule has 0 saturated carbocycles. The van der Waals surface area contributed by atoms with Crippen molar-refractivity contribution in [1.82, 2.24) is 14.4 Å². The fourth-order valence-corrected chi connectivity index (χ4v) is 7.98. The third-order valence-corrected chi connectivity index (χ3v) is 10.7. The quantitative estimate of drug-likeness (QED) is 0.0981. The molecule has 54 heavy (non-hydrogen) atoms. The Morgan fingerprint density at radius 3 is 2.39 bits per heavy atom. The van der Waals surface area contributed by atoms with E-state index in [2.05, 4.69) is 131 Å². The van der Waals surface area contributed by atoms with Crippen LogP contribution in [0.15, 0.2) is 121 Å². The van der Waals surface area contributed by atoms with E-state index in [4.69, 9.17) is 18.5 Å². The summed E-state index contributed by atoms with van der Waals surface area (Å²) in [5.74, 6) is 3.75. The highest BCUT2D eigenvalue weighted by Crippen LogP contribution is 2.42. The molecule has 3 aliphatic rings. The maximum atomic E-state index is 8.39. The lowest BCUT2D eigenvalue weighted by atomic mass is 9.63. The lowest BCUT2D eigenvalue weighted by Gasteiger charge is -2.31. The first-order chi connectivity index (χ1) is 27.2. The molecular weight excluding hydrogens is 665 g/mol. The van der Waals surface area contributed by atoms with E-state index >= 15 is 0 Å². The molecule has 8 heteroatoms. The Bertz CT molecular complexity index is 2730. The molecule has 6 aromatic rings. The van der Waals surface area contributed by atoms with Gasteiger partial charge in [-0.1, -0.05) is 90.9 Å². The summed E-state index contributed by atoms with van der Waals surface area (Å²) in [7, 11) is -0.561. The standard InChI is InChI=1S/C46H45BN5O2/c1-29(2)34-14-11-15-35(30(3)4)44(34)47-51-24-22-33(27-43(51)50-28-49(8)39-17-12-18-41(54-47)45(39)50)53-32-19-20-37-36-13-9-10-16-38(36)52(40(37)26-32)42-25-31(21-23-48-42)46(5,6)7/h9-27,29-30H,1-8H3/q+1/i8D3. The van der Waals surface area contributed by atoms with Gasteiger partial charge < -0.3 is 14.2 Å². The van der Waals surface area contributed by atoms with Crippen LogP contribution in [0.25, 0.3) is 27.6 Å². The number of rotatable bonds is 6. The Morgan fingerprint density at radius 2 is 1.63 bits per heavy atom. The highest BCUT2D eigenvalue weighted by atomic mass is 16.5. The Labute approximate surface area is 322 Å². The van der Waals surface area contributed by atoms with E-state index < -0.39 is 14.0 Å². The number of para-hydroxylation sites is 2. The summed E-state index contributed by atoms with van der Waals surface area (Å²) in [5.41, 5.74) is 7.78. The zero-order valence-electron chi connectivity index (χ0n) is 34.8. The zero-order valence-corrected chi connectivity index (χ0v) is 31.8. The average Bonchev–Trinajstić information content (AvgIpc) is 3.69. The Hall–Kier alpha value is -5.89. The van der Waals surface area contributed by atoms with Crippen molar-refractivity contribution in [2.75, 3.05) is 6.98 Å². The molecule has 9 rings (SSSR count). The molecule has 0 fully saturated rings. The number of pyridine rings is 1. The molecule has 0 saturated heterocycles. The van der Waals surface area contributed by atoms with Crippen LogP contribution in [0.2, 0.25) is 0 Å². The number of hydrogen-bond donors (Lipinski definition) is 0. The minimum Gasteiger partial charge on any atom is -0.541 e. The van der Waals surface area contributed by atoms with E-state index in [0.717, 1.165) is 33.1 Å². The second kappa shape index (κ2) is 12.6. The third kappa shape index (κ3) is 5.46. The smallest absolute Gasteiger partial charge is 0.519 e. The van der Waals surface area contributed by atoms with Gasteiger partial charge in [0.15, 0.2) is 5.69 Å². The van der Waals surface area contributed by atoms with E-state index in [-0.39, 0.29) is 17.3 Å². The number of aromatic nitrogens is 2. The van der Waals surface area contributed by atoms with Crippen molar-refractivity contribution in [3.63, 3.8) is 0 Å². The summed E-state index contributed by atoms with van der Waals surface area (Å²) in [6.45, 7) is 13.0. The molecule has 0 radical (unpaired) electrons. The largest absolute Gasteiger partial charge is 0.541 e. The van der Waals surface area contributed by atoms with Gasteiger partial charge in [-0.15, -0.1) is 0 Å². The van der Waals surface area contributed by atoms with E-state index in [1.54, 1.807) is 10.6 Å². The third-order valence-electron chi connectivity index (χ3n) is 10.7. The highest BCUT2D eigenvalue weighted by molar-refractivity contribution is 6.69. The van der Waals surface area contributed by atoms with E-state index in [1.807, 2.05) is 42.7 Å². The van der Waals surface area contributed by atoms with Crippen LogP contribution >= 0.6 is 0 Å². The summed E-state index contributed by atoms with van der Waals surface area (Å²) in [5, 5.41) is 2.23. The molecule has 0 bridgehead atoms. The van der Waals surface area contributed by atoms with Gasteiger partial charge in [-0.2, -0.15) is 0 Å². The van der Waals surface area contributed by atoms with Gasteiger partial charge in [-0.25, -0.2) is 14.1 Å². The summed E-state index contributed by atoms with van der Waals surface area (Å²) in [6.07, 6.45) is 10.9. The topological polar surface area (TPSA) is 45.5 Å². The van der Waals surface area contributed by atoms with Crippen molar-refractivity contribution >= 4 is 57.9 Å². The van der Waals surface area contributed by atoms with Crippen molar-refractivity contribution in [3.05, 3.63) is 138 Å². The van der Waals surface area contributed by atoms with Crippen molar-refractivity contribution in [2.45, 2.75) is 65.7 Å². The molecule has 0 aliphatic carbocycles. The van der Waals surface area contributed by atoms with Gasteiger partial charge in [-0.05, 0) is 94.1 Å². The number of ether oxygens (including phenoxy) is 1. The molecule has 3 aliphatic heterocycles. The fourth-order valence-electron chi connectivity index (χ4n) is 7.98. The first-order valence-corrected chi connectivity index (χ1v) is 18.7. The van der Waals surface area contributed by atoms with Crippen LogP contribution in [0.3, 0.4) is 0 Å². The van der Waals surface area contributed by atoms with Crippen LogP contribution in [0, 0.1) is 0 Å². The Balaban J connectivity index is 1.21. The van der Waals surface area contributed by atoms with Gasteiger partial charge >= 0.3 is 13.4 Å². The summed E-state index contributed by atoms with van der Waals surface area (Å²) in [4.78, 5) is 6.91.